The molecule has 0 aliphatic heterocycles. The van der Waals surface area contributed by atoms with Gasteiger partial charge in [0.15, 0.2) is 5.96 Å². The molecule has 5 heteroatoms. The second-order valence-electron chi connectivity index (χ2n) is 5.74. The van der Waals surface area contributed by atoms with Gasteiger partial charge in [0.05, 0.1) is 0 Å². The Morgan fingerprint density at radius 1 is 1.35 bits per heavy atom. The van der Waals surface area contributed by atoms with Crippen LogP contribution in [0.15, 0.2) is 21.8 Å². The van der Waals surface area contributed by atoms with E-state index >= 15 is 0 Å². The average Bonchev–Trinajstić information content (AvgIpc) is 3.10. The summed E-state index contributed by atoms with van der Waals surface area (Å²) in [4.78, 5) is 6.69. The quantitative estimate of drug-likeness (QED) is 0.646. The highest BCUT2D eigenvalue weighted by Gasteiger charge is 2.35. The molecule has 20 heavy (non-hydrogen) atoms. The number of nitrogens with zero attached hydrogens (tertiary/aromatic N) is 2. The molecule has 0 spiro atoms. The van der Waals surface area contributed by atoms with Crippen molar-refractivity contribution in [1.29, 1.82) is 0 Å². The van der Waals surface area contributed by atoms with Gasteiger partial charge in [-0.3, -0.25) is 4.99 Å². The van der Waals surface area contributed by atoms with E-state index in [0.717, 1.165) is 19.0 Å². The molecule has 112 valence electrons. The minimum atomic E-state index is 0.292. The van der Waals surface area contributed by atoms with E-state index in [9.17, 15) is 0 Å². The fourth-order valence-electron chi connectivity index (χ4n) is 2.86. The minimum Gasteiger partial charge on any atom is -0.355 e. The molecular formula is C15H26N4S. The predicted octanol–water partition coefficient (Wildman–Crippen LogP) is 2.29. The van der Waals surface area contributed by atoms with Gasteiger partial charge in [-0.1, -0.05) is 12.8 Å². The molecule has 2 N–H and O–H groups in total. The molecule has 0 aromatic carbocycles. The number of hydrogen-bond acceptors (Lipinski definition) is 3. The van der Waals surface area contributed by atoms with Crippen molar-refractivity contribution >= 4 is 17.3 Å². The summed E-state index contributed by atoms with van der Waals surface area (Å²) in [5.74, 6) is 0.893. The second kappa shape index (κ2) is 7.09. The summed E-state index contributed by atoms with van der Waals surface area (Å²) in [7, 11) is 6.21. The normalized spacial score (nSPS) is 18.5. The van der Waals surface area contributed by atoms with Crippen LogP contribution in [-0.2, 0) is 6.54 Å². The van der Waals surface area contributed by atoms with Gasteiger partial charge >= 0.3 is 0 Å². The Balaban J connectivity index is 1.84. The first kappa shape index (κ1) is 15.3. The number of likely N-dealkylation sites (N-methyl/N-ethyl adjacent to an activating group) is 1. The van der Waals surface area contributed by atoms with Gasteiger partial charge < -0.3 is 15.5 Å². The minimum absolute atomic E-state index is 0.292. The number of rotatable bonds is 5. The lowest BCUT2D eigenvalue weighted by Gasteiger charge is -2.37. The maximum absolute atomic E-state index is 4.32. The highest BCUT2D eigenvalue weighted by atomic mass is 32.1. The smallest absolute Gasteiger partial charge is 0.191 e. The molecule has 0 saturated heterocycles. The number of guanidine groups is 1. The SMILES string of the molecule is CN=C(NCc1ccsc1)NCC1(N(C)C)CCCC1. The summed E-state index contributed by atoms with van der Waals surface area (Å²) in [6.07, 6.45) is 5.21. The van der Waals surface area contributed by atoms with Crippen LogP contribution in [0.5, 0.6) is 0 Å². The van der Waals surface area contributed by atoms with Crippen molar-refractivity contribution in [2.24, 2.45) is 4.99 Å². The molecule has 0 atom stereocenters. The largest absolute Gasteiger partial charge is 0.355 e. The van der Waals surface area contributed by atoms with Crippen molar-refractivity contribution in [3.8, 4) is 0 Å². The monoisotopic (exact) mass is 294 g/mol. The van der Waals surface area contributed by atoms with Crippen LogP contribution in [-0.4, -0.2) is 44.1 Å². The van der Waals surface area contributed by atoms with Crippen LogP contribution in [0.2, 0.25) is 0 Å². The lowest BCUT2D eigenvalue weighted by molar-refractivity contribution is 0.160. The summed E-state index contributed by atoms with van der Waals surface area (Å²) < 4.78 is 0. The summed E-state index contributed by atoms with van der Waals surface area (Å²) in [5, 5.41) is 11.1. The van der Waals surface area contributed by atoms with Gasteiger partial charge in [0.25, 0.3) is 0 Å². The zero-order valence-electron chi connectivity index (χ0n) is 12.8. The first-order valence-electron chi connectivity index (χ1n) is 7.29. The fourth-order valence-corrected chi connectivity index (χ4v) is 3.53. The Labute approximate surface area is 126 Å². The molecule has 2 rings (SSSR count). The van der Waals surface area contributed by atoms with Crippen LogP contribution >= 0.6 is 11.3 Å². The fraction of sp³-hybridized carbons (Fsp3) is 0.667. The van der Waals surface area contributed by atoms with E-state index < -0.39 is 0 Å². The van der Waals surface area contributed by atoms with E-state index in [2.05, 4.69) is 51.4 Å². The molecule has 1 aromatic heterocycles. The van der Waals surface area contributed by atoms with Crippen LogP contribution in [0.4, 0.5) is 0 Å². The summed E-state index contributed by atoms with van der Waals surface area (Å²) in [6.45, 7) is 1.79. The third kappa shape index (κ3) is 3.73. The van der Waals surface area contributed by atoms with Crippen molar-refractivity contribution in [2.75, 3.05) is 27.7 Å². The maximum atomic E-state index is 4.32. The zero-order valence-corrected chi connectivity index (χ0v) is 13.6. The van der Waals surface area contributed by atoms with E-state index in [0.29, 0.717) is 5.54 Å². The third-order valence-electron chi connectivity index (χ3n) is 4.33. The van der Waals surface area contributed by atoms with Gasteiger partial charge in [0, 0.05) is 25.7 Å². The number of hydrogen-bond donors (Lipinski definition) is 2. The standard InChI is InChI=1S/C15H26N4S/c1-16-14(17-10-13-6-9-20-11-13)18-12-15(19(2)3)7-4-5-8-15/h6,9,11H,4-5,7-8,10,12H2,1-3H3,(H2,16,17,18). The predicted molar refractivity (Wildman–Crippen MR) is 87.4 cm³/mol. The Morgan fingerprint density at radius 3 is 2.65 bits per heavy atom. The topological polar surface area (TPSA) is 39.7 Å². The molecule has 1 aliphatic rings. The third-order valence-corrected chi connectivity index (χ3v) is 5.06. The van der Waals surface area contributed by atoms with Gasteiger partial charge in [-0.05, 0) is 49.3 Å². The lowest BCUT2D eigenvalue weighted by atomic mass is 9.96. The van der Waals surface area contributed by atoms with Crippen LogP contribution in [0.3, 0.4) is 0 Å². The summed E-state index contributed by atoms with van der Waals surface area (Å²) in [5.41, 5.74) is 1.60. The van der Waals surface area contributed by atoms with Crippen molar-refractivity contribution < 1.29 is 0 Å². The first-order valence-corrected chi connectivity index (χ1v) is 8.24. The van der Waals surface area contributed by atoms with Gasteiger partial charge in [-0.25, -0.2) is 0 Å². The van der Waals surface area contributed by atoms with E-state index in [1.807, 2.05) is 7.05 Å². The van der Waals surface area contributed by atoms with E-state index in [1.54, 1.807) is 11.3 Å². The Kier molecular flexibility index (Phi) is 5.43. The van der Waals surface area contributed by atoms with Gasteiger partial charge in [0.1, 0.15) is 0 Å². The Morgan fingerprint density at radius 2 is 2.10 bits per heavy atom. The van der Waals surface area contributed by atoms with E-state index in [1.165, 1.54) is 31.2 Å². The van der Waals surface area contributed by atoms with Crippen LogP contribution in [0, 0.1) is 0 Å². The molecule has 0 radical (unpaired) electrons. The zero-order chi connectivity index (χ0) is 14.4. The van der Waals surface area contributed by atoms with Crippen molar-refractivity contribution in [3.05, 3.63) is 22.4 Å². The molecular weight excluding hydrogens is 268 g/mol. The molecule has 1 fully saturated rings. The van der Waals surface area contributed by atoms with Crippen LogP contribution < -0.4 is 10.6 Å². The van der Waals surface area contributed by atoms with Gasteiger partial charge in [-0.2, -0.15) is 11.3 Å². The Hall–Kier alpha value is -1.07. The van der Waals surface area contributed by atoms with E-state index in [-0.39, 0.29) is 0 Å². The lowest BCUT2D eigenvalue weighted by Crippen LogP contribution is -2.52. The maximum Gasteiger partial charge on any atom is 0.191 e. The molecule has 4 nitrogen and oxygen atoms in total. The molecule has 0 unspecified atom stereocenters. The van der Waals surface area contributed by atoms with Crippen LogP contribution in [0.25, 0.3) is 0 Å². The van der Waals surface area contributed by atoms with E-state index in [4.69, 9.17) is 0 Å². The highest BCUT2D eigenvalue weighted by Crippen LogP contribution is 2.32. The number of aliphatic imine (C=N–C) groups is 1. The second-order valence-corrected chi connectivity index (χ2v) is 6.52. The van der Waals surface area contributed by atoms with Crippen molar-refractivity contribution in [3.63, 3.8) is 0 Å². The van der Waals surface area contributed by atoms with Gasteiger partial charge in [-0.15, -0.1) is 0 Å². The van der Waals surface area contributed by atoms with Crippen molar-refractivity contribution in [1.82, 2.24) is 15.5 Å². The average molecular weight is 294 g/mol. The summed E-state index contributed by atoms with van der Waals surface area (Å²) >= 11 is 1.73. The molecule has 1 aromatic rings. The first-order chi connectivity index (χ1) is 9.66. The Bertz CT molecular complexity index is 419. The molecule has 0 amide bonds. The number of thiophene rings is 1. The molecule has 1 aliphatic carbocycles. The molecule has 1 heterocycles. The number of nitrogens with one attached hydrogen (secondary N) is 2. The summed E-state index contributed by atoms with van der Waals surface area (Å²) in [6, 6.07) is 2.14. The highest BCUT2D eigenvalue weighted by molar-refractivity contribution is 7.07. The molecule has 1 saturated carbocycles. The molecule has 0 bridgehead atoms. The van der Waals surface area contributed by atoms with Crippen LogP contribution in [0.1, 0.15) is 31.2 Å². The van der Waals surface area contributed by atoms with Crippen molar-refractivity contribution in [2.45, 2.75) is 37.8 Å². The van der Waals surface area contributed by atoms with Gasteiger partial charge in [0.2, 0.25) is 0 Å².